The lowest BCUT2D eigenvalue weighted by Gasteiger charge is -2.32. The lowest BCUT2D eigenvalue weighted by Crippen LogP contribution is -2.40. The van der Waals surface area contributed by atoms with E-state index in [1.165, 1.54) is 0 Å². The van der Waals surface area contributed by atoms with Crippen molar-refractivity contribution in [3.63, 3.8) is 0 Å². The fraction of sp³-hybridized carbons (Fsp3) is 0.250. The molecule has 0 aliphatic carbocycles. The number of fused-ring (bicyclic) bond motifs is 1. The zero-order valence-electron chi connectivity index (χ0n) is 20.5. The van der Waals surface area contributed by atoms with Gasteiger partial charge in [-0.25, -0.2) is 4.98 Å². The predicted octanol–water partition coefficient (Wildman–Crippen LogP) is 5.40. The van der Waals surface area contributed by atoms with E-state index in [1.807, 2.05) is 49.4 Å². The summed E-state index contributed by atoms with van der Waals surface area (Å²) >= 11 is 3.47. The second-order valence-corrected chi connectivity index (χ2v) is 9.16. The van der Waals surface area contributed by atoms with Gasteiger partial charge >= 0.3 is 0 Å². The molecule has 0 radical (unpaired) electrons. The second-order valence-electron chi connectivity index (χ2n) is 8.25. The Morgan fingerprint density at radius 3 is 2.36 bits per heavy atom. The largest absolute Gasteiger partial charge is 0.497 e. The van der Waals surface area contributed by atoms with Crippen LogP contribution in [0.4, 0.5) is 0 Å². The van der Waals surface area contributed by atoms with E-state index in [9.17, 15) is 9.59 Å². The molecule has 0 saturated carbocycles. The number of benzene rings is 3. The van der Waals surface area contributed by atoms with E-state index in [0.717, 1.165) is 4.47 Å². The number of methoxy groups -OCH3 is 2. The standard InChI is InChI=1S/C28H28BrN3O4/c1-4-25(31(17-18-35-2)27(33)19-9-15-22(36-3)16-10-19)26-30-24-8-6-5-7-23(24)28(34)32(26)21-13-11-20(29)12-14-21/h5-16,25H,4,17-18H2,1-3H3. The Balaban J connectivity index is 1.90. The van der Waals surface area contributed by atoms with Crippen LogP contribution in [0.25, 0.3) is 16.6 Å². The third-order valence-corrected chi connectivity index (χ3v) is 6.61. The van der Waals surface area contributed by atoms with Crippen molar-refractivity contribution in [2.45, 2.75) is 19.4 Å². The van der Waals surface area contributed by atoms with Crippen molar-refractivity contribution in [1.82, 2.24) is 14.5 Å². The molecule has 0 bridgehead atoms. The maximum absolute atomic E-state index is 13.8. The highest BCUT2D eigenvalue weighted by Gasteiger charge is 2.29. The first kappa shape index (κ1) is 25.6. The van der Waals surface area contributed by atoms with Crippen molar-refractivity contribution < 1.29 is 14.3 Å². The zero-order chi connectivity index (χ0) is 25.7. The number of carbonyl (C=O) groups excluding carboxylic acids is 1. The van der Waals surface area contributed by atoms with Crippen LogP contribution in [0, 0.1) is 0 Å². The van der Waals surface area contributed by atoms with E-state index in [1.54, 1.807) is 54.0 Å². The van der Waals surface area contributed by atoms with Crippen molar-refractivity contribution in [1.29, 1.82) is 0 Å². The number of amides is 1. The van der Waals surface area contributed by atoms with E-state index in [0.29, 0.717) is 53.3 Å². The summed E-state index contributed by atoms with van der Waals surface area (Å²) in [5.74, 6) is 0.995. The normalized spacial score (nSPS) is 11.9. The highest BCUT2D eigenvalue weighted by atomic mass is 79.9. The number of carbonyl (C=O) groups is 1. The monoisotopic (exact) mass is 549 g/mol. The second kappa shape index (κ2) is 11.5. The molecule has 3 aromatic carbocycles. The number of aromatic nitrogens is 2. The van der Waals surface area contributed by atoms with Crippen LogP contribution in [-0.4, -0.2) is 47.7 Å². The summed E-state index contributed by atoms with van der Waals surface area (Å²) in [7, 11) is 3.19. The molecule has 0 saturated heterocycles. The molecule has 4 rings (SSSR count). The smallest absolute Gasteiger partial charge is 0.266 e. The number of hydrogen-bond acceptors (Lipinski definition) is 5. The molecule has 36 heavy (non-hydrogen) atoms. The molecule has 1 heterocycles. The van der Waals surface area contributed by atoms with Crippen molar-refractivity contribution in [2.24, 2.45) is 0 Å². The van der Waals surface area contributed by atoms with Crippen LogP contribution in [0.15, 0.2) is 82.1 Å². The molecule has 7 nitrogen and oxygen atoms in total. The zero-order valence-corrected chi connectivity index (χ0v) is 22.1. The van der Waals surface area contributed by atoms with Gasteiger partial charge in [0.25, 0.3) is 11.5 Å². The maximum Gasteiger partial charge on any atom is 0.266 e. The Bertz CT molecular complexity index is 1400. The van der Waals surface area contributed by atoms with Gasteiger partial charge in [-0.05, 0) is 67.1 Å². The minimum atomic E-state index is -0.476. The van der Waals surface area contributed by atoms with Gasteiger partial charge in [-0.1, -0.05) is 35.0 Å². The summed E-state index contributed by atoms with van der Waals surface area (Å²) in [4.78, 5) is 34.2. The van der Waals surface area contributed by atoms with E-state index >= 15 is 0 Å². The van der Waals surface area contributed by atoms with Crippen molar-refractivity contribution in [3.05, 3.63) is 99.0 Å². The van der Waals surface area contributed by atoms with Gasteiger partial charge in [0.05, 0.1) is 36.3 Å². The van der Waals surface area contributed by atoms with E-state index in [4.69, 9.17) is 14.5 Å². The third kappa shape index (κ3) is 5.20. The summed E-state index contributed by atoms with van der Waals surface area (Å²) < 4.78 is 13.1. The fourth-order valence-electron chi connectivity index (χ4n) is 4.24. The SMILES string of the molecule is CCC(c1nc2ccccc2c(=O)n1-c1ccc(Br)cc1)N(CCOC)C(=O)c1ccc(OC)cc1. The Morgan fingerprint density at radius 2 is 1.72 bits per heavy atom. The van der Waals surface area contributed by atoms with Crippen LogP contribution in [0.3, 0.4) is 0 Å². The summed E-state index contributed by atoms with van der Waals surface area (Å²) in [5.41, 5.74) is 1.61. The maximum atomic E-state index is 13.8. The Kier molecular flexibility index (Phi) is 8.18. The van der Waals surface area contributed by atoms with Crippen molar-refractivity contribution >= 4 is 32.7 Å². The first-order valence-corrected chi connectivity index (χ1v) is 12.5. The number of halogens is 1. The average Bonchev–Trinajstić information content (AvgIpc) is 2.91. The average molecular weight is 550 g/mol. The van der Waals surface area contributed by atoms with Gasteiger partial charge in [0.15, 0.2) is 0 Å². The van der Waals surface area contributed by atoms with Crippen LogP contribution >= 0.6 is 15.9 Å². The number of ether oxygens (including phenoxy) is 2. The van der Waals surface area contributed by atoms with Gasteiger partial charge in [0, 0.05) is 23.7 Å². The molecular weight excluding hydrogens is 522 g/mol. The molecule has 0 aliphatic heterocycles. The van der Waals surface area contributed by atoms with Crippen LogP contribution in [-0.2, 0) is 4.74 Å². The van der Waals surface area contributed by atoms with Crippen LogP contribution in [0.2, 0.25) is 0 Å². The molecule has 1 unspecified atom stereocenters. The molecule has 0 aliphatic rings. The molecule has 0 N–H and O–H groups in total. The number of hydrogen-bond donors (Lipinski definition) is 0. The lowest BCUT2D eigenvalue weighted by atomic mass is 10.1. The predicted molar refractivity (Wildman–Crippen MR) is 144 cm³/mol. The highest BCUT2D eigenvalue weighted by molar-refractivity contribution is 9.10. The van der Waals surface area contributed by atoms with E-state index in [2.05, 4.69) is 15.9 Å². The molecule has 0 fully saturated rings. The molecule has 186 valence electrons. The fourth-order valence-corrected chi connectivity index (χ4v) is 4.51. The third-order valence-electron chi connectivity index (χ3n) is 6.08. The van der Waals surface area contributed by atoms with Crippen molar-refractivity contribution in [3.8, 4) is 11.4 Å². The Hall–Kier alpha value is -3.49. The molecule has 8 heteroatoms. The first-order valence-electron chi connectivity index (χ1n) is 11.7. The van der Waals surface area contributed by atoms with Crippen LogP contribution in [0.1, 0.15) is 35.6 Å². The molecule has 1 atom stereocenters. The van der Waals surface area contributed by atoms with Gasteiger partial charge in [-0.3, -0.25) is 14.2 Å². The molecular formula is C28H28BrN3O4. The number of nitrogens with zero attached hydrogens (tertiary/aromatic N) is 3. The first-order chi connectivity index (χ1) is 17.5. The summed E-state index contributed by atoms with van der Waals surface area (Å²) in [6.45, 7) is 2.66. The topological polar surface area (TPSA) is 73.7 Å². The van der Waals surface area contributed by atoms with Gasteiger partial charge in [-0.15, -0.1) is 0 Å². The van der Waals surface area contributed by atoms with Crippen LogP contribution in [0.5, 0.6) is 5.75 Å². The van der Waals surface area contributed by atoms with Gasteiger partial charge in [0.1, 0.15) is 11.6 Å². The van der Waals surface area contributed by atoms with Gasteiger partial charge < -0.3 is 14.4 Å². The number of rotatable bonds is 9. The van der Waals surface area contributed by atoms with E-state index < -0.39 is 6.04 Å². The molecule has 1 amide bonds. The Morgan fingerprint density at radius 1 is 1.03 bits per heavy atom. The summed E-state index contributed by atoms with van der Waals surface area (Å²) in [6, 6.07) is 21.3. The lowest BCUT2D eigenvalue weighted by molar-refractivity contribution is 0.0579. The Labute approximate surface area is 218 Å². The highest BCUT2D eigenvalue weighted by Crippen LogP contribution is 2.28. The number of para-hydroxylation sites is 1. The summed E-state index contributed by atoms with van der Waals surface area (Å²) in [5, 5.41) is 0.518. The quantitative estimate of drug-likeness (QED) is 0.279. The van der Waals surface area contributed by atoms with Gasteiger partial charge in [0.2, 0.25) is 0 Å². The molecule has 1 aromatic heterocycles. The van der Waals surface area contributed by atoms with E-state index in [-0.39, 0.29) is 11.5 Å². The molecule has 4 aromatic rings. The summed E-state index contributed by atoms with van der Waals surface area (Å²) in [6.07, 6.45) is 0.549. The minimum Gasteiger partial charge on any atom is -0.497 e. The van der Waals surface area contributed by atoms with Crippen molar-refractivity contribution in [2.75, 3.05) is 27.4 Å². The van der Waals surface area contributed by atoms with Gasteiger partial charge in [-0.2, -0.15) is 0 Å². The minimum absolute atomic E-state index is 0.175. The van der Waals surface area contributed by atoms with Crippen LogP contribution < -0.4 is 10.3 Å². The molecule has 0 spiro atoms.